The van der Waals surface area contributed by atoms with Gasteiger partial charge in [0.05, 0.1) is 12.1 Å². The van der Waals surface area contributed by atoms with Gasteiger partial charge in [-0.1, -0.05) is 6.08 Å². The Balaban J connectivity index is 1.73. The Hall–Kier alpha value is -2.01. The third-order valence-corrected chi connectivity index (χ3v) is 5.08. The molecule has 1 aromatic rings. The van der Waals surface area contributed by atoms with Crippen molar-refractivity contribution >= 4 is 5.91 Å². The standard InChI is InChI=1S/C16H15NO4/c18-9-3-8-1-2-17-15(8)11(4-9)10-5-13-14(21-7-20-13)6-12(10)16(17)19/h3,5-6,9,11,15,18H,1-2,4,7H2/t9-,11+,15-/m1/s1. The van der Waals surface area contributed by atoms with Crippen molar-refractivity contribution in [2.24, 2.45) is 0 Å². The molecular weight excluding hydrogens is 270 g/mol. The summed E-state index contributed by atoms with van der Waals surface area (Å²) in [6, 6.07) is 3.86. The Bertz CT molecular complexity index is 696. The summed E-state index contributed by atoms with van der Waals surface area (Å²) in [7, 11) is 0. The van der Waals surface area contributed by atoms with Gasteiger partial charge in [-0.2, -0.15) is 0 Å². The van der Waals surface area contributed by atoms with Crippen LogP contribution < -0.4 is 9.47 Å². The first-order valence-electron chi connectivity index (χ1n) is 7.35. The maximum atomic E-state index is 12.8. The quantitative estimate of drug-likeness (QED) is 0.732. The van der Waals surface area contributed by atoms with Crippen LogP contribution in [0.15, 0.2) is 23.8 Å². The van der Waals surface area contributed by atoms with Crippen molar-refractivity contribution in [3.63, 3.8) is 0 Å². The second-order valence-corrected chi connectivity index (χ2v) is 6.14. The number of hydrogen-bond acceptors (Lipinski definition) is 4. The molecule has 3 heterocycles. The van der Waals surface area contributed by atoms with E-state index in [9.17, 15) is 9.90 Å². The van der Waals surface area contributed by atoms with Crippen LogP contribution in [0.2, 0.25) is 0 Å². The number of benzene rings is 1. The van der Waals surface area contributed by atoms with Crippen molar-refractivity contribution in [3.8, 4) is 11.5 Å². The maximum Gasteiger partial charge on any atom is 0.254 e. The molecule has 21 heavy (non-hydrogen) atoms. The molecule has 0 unspecified atom stereocenters. The van der Waals surface area contributed by atoms with Gasteiger partial charge in [0.2, 0.25) is 6.79 Å². The van der Waals surface area contributed by atoms with E-state index in [0.29, 0.717) is 23.5 Å². The lowest BCUT2D eigenvalue weighted by Crippen LogP contribution is -2.46. The molecule has 4 aliphatic rings. The molecule has 1 aliphatic carbocycles. The average molecular weight is 285 g/mol. The van der Waals surface area contributed by atoms with Gasteiger partial charge in [0.1, 0.15) is 0 Å². The van der Waals surface area contributed by atoms with Crippen LogP contribution in [0.4, 0.5) is 0 Å². The van der Waals surface area contributed by atoms with Crippen LogP contribution in [-0.4, -0.2) is 41.4 Å². The minimum atomic E-state index is -0.423. The highest BCUT2D eigenvalue weighted by Gasteiger charge is 2.47. The predicted octanol–water partition coefficient (Wildman–Crippen LogP) is 1.42. The third kappa shape index (κ3) is 1.42. The molecule has 3 aliphatic heterocycles. The van der Waals surface area contributed by atoms with Crippen molar-refractivity contribution in [2.75, 3.05) is 13.3 Å². The number of carbonyl (C=O) groups is 1. The summed E-state index contributed by atoms with van der Waals surface area (Å²) in [4.78, 5) is 14.7. The monoisotopic (exact) mass is 285 g/mol. The largest absolute Gasteiger partial charge is 0.454 e. The smallest absolute Gasteiger partial charge is 0.254 e. The van der Waals surface area contributed by atoms with Crippen LogP contribution in [0.1, 0.15) is 34.7 Å². The van der Waals surface area contributed by atoms with Crippen molar-refractivity contribution in [1.82, 2.24) is 4.90 Å². The first kappa shape index (κ1) is 11.6. The zero-order valence-corrected chi connectivity index (χ0v) is 11.4. The Morgan fingerprint density at radius 2 is 2.05 bits per heavy atom. The van der Waals surface area contributed by atoms with E-state index < -0.39 is 6.10 Å². The third-order valence-electron chi connectivity index (χ3n) is 5.08. The molecule has 1 amide bonds. The number of amides is 1. The highest BCUT2D eigenvalue weighted by molar-refractivity contribution is 5.99. The average Bonchev–Trinajstić information content (AvgIpc) is 3.09. The van der Waals surface area contributed by atoms with Crippen LogP contribution >= 0.6 is 0 Å². The summed E-state index contributed by atoms with van der Waals surface area (Å²) in [5.41, 5.74) is 2.91. The Kier molecular flexibility index (Phi) is 2.10. The van der Waals surface area contributed by atoms with Gasteiger partial charge in [-0.05, 0) is 36.1 Å². The van der Waals surface area contributed by atoms with Crippen molar-refractivity contribution in [1.29, 1.82) is 0 Å². The number of ether oxygens (including phenoxy) is 2. The molecule has 5 rings (SSSR count). The van der Waals surface area contributed by atoms with Crippen LogP contribution in [0.25, 0.3) is 0 Å². The van der Waals surface area contributed by atoms with Gasteiger partial charge in [0, 0.05) is 18.0 Å². The fraction of sp³-hybridized carbons (Fsp3) is 0.438. The maximum absolute atomic E-state index is 12.8. The first-order valence-corrected chi connectivity index (χ1v) is 7.35. The van der Waals surface area contributed by atoms with E-state index in [0.717, 1.165) is 18.5 Å². The highest BCUT2D eigenvalue weighted by atomic mass is 16.7. The molecule has 0 bridgehead atoms. The molecule has 1 fully saturated rings. The predicted molar refractivity (Wildman–Crippen MR) is 73.5 cm³/mol. The molecule has 0 saturated carbocycles. The lowest BCUT2D eigenvalue weighted by Gasteiger charge is -2.41. The molecule has 0 spiro atoms. The van der Waals surface area contributed by atoms with E-state index in [2.05, 4.69) is 0 Å². The van der Waals surface area contributed by atoms with Gasteiger partial charge >= 0.3 is 0 Å². The van der Waals surface area contributed by atoms with Crippen molar-refractivity contribution < 1.29 is 19.4 Å². The molecule has 1 aromatic carbocycles. The van der Waals surface area contributed by atoms with Crippen LogP contribution in [0, 0.1) is 0 Å². The minimum Gasteiger partial charge on any atom is -0.454 e. The van der Waals surface area contributed by atoms with E-state index >= 15 is 0 Å². The zero-order chi connectivity index (χ0) is 14.1. The molecule has 1 saturated heterocycles. The SMILES string of the molecule is O=C1c2cc3c(cc2[C@@H]2C[C@H](O)C=C4CCN1[C@H]42)OCO3. The Morgan fingerprint density at radius 1 is 1.24 bits per heavy atom. The summed E-state index contributed by atoms with van der Waals surface area (Å²) in [6.07, 6.45) is 3.04. The topological polar surface area (TPSA) is 59.0 Å². The second-order valence-electron chi connectivity index (χ2n) is 6.14. The van der Waals surface area contributed by atoms with E-state index in [1.54, 1.807) is 6.07 Å². The van der Waals surface area contributed by atoms with Gasteiger partial charge < -0.3 is 19.5 Å². The minimum absolute atomic E-state index is 0.0735. The number of aliphatic hydroxyl groups is 1. The van der Waals surface area contributed by atoms with Gasteiger partial charge in [-0.25, -0.2) is 0 Å². The van der Waals surface area contributed by atoms with Crippen LogP contribution in [-0.2, 0) is 0 Å². The molecular formula is C16H15NO4. The fourth-order valence-corrected chi connectivity index (χ4v) is 4.23. The zero-order valence-electron chi connectivity index (χ0n) is 11.4. The number of rotatable bonds is 0. The summed E-state index contributed by atoms with van der Waals surface area (Å²) < 4.78 is 10.8. The Morgan fingerprint density at radius 3 is 2.90 bits per heavy atom. The van der Waals surface area contributed by atoms with Gasteiger partial charge in [-0.3, -0.25) is 4.79 Å². The fourth-order valence-electron chi connectivity index (χ4n) is 4.23. The first-order chi connectivity index (χ1) is 10.2. The second kappa shape index (κ2) is 3.80. The molecule has 108 valence electrons. The molecule has 1 N–H and O–H groups in total. The molecule has 5 heteroatoms. The number of fused-ring (bicyclic) bond motifs is 3. The van der Waals surface area contributed by atoms with Crippen molar-refractivity contribution in [3.05, 3.63) is 34.9 Å². The molecule has 0 aromatic heterocycles. The van der Waals surface area contributed by atoms with Crippen LogP contribution in [0.5, 0.6) is 11.5 Å². The summed E-state index contributed by atoms with van der Waals surface area (Å²) in [5.74, 6) is 1.58. The van der Waals surface area contributed by atoms with Crippen molar-refractivity contribution in [2.45, 2.75) is 30.9 Å². The highest BCUT2D eigenvalue weighted by Crippen LogP contribution is 2.49. The normalized spacial score (nSPS) is 31.9. The Labute approximate surface area is 121 Å². The number of aliphatic hydroxyl groups excluding tert-OH is 1. The van der Waals surface area contributed by atoms with E-state index in [1.807, 2.05) is 17.0 Å². The lowest BCUT2D eigenvalue weighted by atomic mass is 9.75. The van der Waals surface area contributed by atoms with Gasteiger partial charge in [0.25, 0.3) is 5.91 Å². The van der Waals surface area contributed by atoms with E-state index in [-0.39, 0.29) is 24.7 Å². The summed E-state index contributed by atoms with van der Waals surface area (Å²) in [6.45, 7) is 0.949. The number of nitrogens with zero attached hydrogens (tertiary/aromatic N) is 1. The van der Waals surface area contributed by atoms with E-state index in [1.165, 1.54) is 5.57 Å². The summed E-state index contributed by atoms with van der Waals surface area (Å²) >= 11 is 0. The molecule has 3 atom stereocenters. The number of carbonyl (C=O) groups excluding carboxylic acids is 1. The molecule has 5 nitrogen and oxygen atoms in total. The lowest BCUT2D eigenvalue weighted by molar-refractivity contribution is 0.0665. The van der Waals surface area contributed by atoms with E-state index in [4.69, 9.17) is 9.47 Å². The van der Waals surface area contributed by atoms with Gasteiger partial charge in [0.15, 0.2) is 11.5 Å². The molecule has 0 radical (unpaired) electrons. The number of hydrogen-bond donors (Lipinski definition) is 1. The summed E-state index contributed by atoms with van der Waals surface area (Å²) in [5, 5.41) is 10.1. The van der Waals surface area contributed by atoms with Gasteiger partial charge in [-0.15, -0.1) is 0 Å². The van der Waals surface area contributed by atoms with Crippen LogP contribution in [0.3, 0.4) is 0 Å².